The number of pyridine rings is 1. The minimum absolute atomic E-state index is 0.0211. The van der Waals surface area contributed by atoms with Crippen LogP contribution >= 0.6 is 0 Å². The van der Waals surface area contributed by atoms with E-state index in [1.165, 1.54) is 5.56 Å². The van der Waals surface area contributed by atoms with Crippen LogP contribution in [0.15, 0.2) is 30.3 Å². The number of carbonyl (C=O) groups is 2. The summed E-state index contributed by atoms with van der Waals surface area (Å²) in [6.45, 7) is 5.55. The number of ether oxygens (including phenoxy) is 2. The number of amides is 2. The molecule has 4 heterocycles. The zero-order valence-corrected chi connectivity index (χ0v) is 18.6. The molecular weight excluding hydrogens is 422 g/mol. The Morgan fingerprint density at radius 2 is 1.85 bits per heavy atom. The van der Waals surface area contributed by atoms with Crippen molar-refractivity contribution in [3.63, 3.8) is 0 Å². The highest BCUT2D eigenvalue weighted by molar-refractivity contribution is 5.98. The Morgan fingerprint density at radius 3 is 2.73 bits per heavy atom. The Balaban J connectivity index is 1.04. The number of fused-ring (bicyclic) bond motifs is 2. The van der Waals surface area contributed by atoms with E-state index in [0.29, 0.717) is 30.5 Å². The number of anilines is 3. The van der Waals surface area contributed by atoms with Crippen molar-refractivity contribution < 1.29 is 19.1 Å². The second-order valence-corrected chi connectivity index (χ2v) is 8.58. The molecule has 174 valence electrons. The molecule has 0 radical (unpaired) electrons. The maximum Gasteiger partial charge on any atom is 0.263 e. The van der Waals surface area contributed by atoms with Crippen LogP contribution in [0, 0.1) is 0 Å². The molecule has 3 aliphatic rings. The molecule has 0 unspecified atom stereocenters. The second kappa shape index (κ2) is 9.66. The maximum atomic E-state index is 11.9. The molecule has 0 atom stereocenters. The molecule has 2 N–H and O–H groups in total. The first kappa shape index (κ1) is 21.5. The summed E-state index contributed by atoms with van der Waals surface area (Å²) in [7, 11) is 0. The smallest absolute Gasteiger partial charge is 0.263 e. The molecule has 9 heteroatoms. The quantitative estimate of drug-likeness (QED) is 0.624. The van der Waals surface area contributed by atoms with Crippen LogP contribution in [-0.4, -0.2) is 67.6 Å². The molecular formula is C24H29N5O4. The number of aryl methyl sites for hydroxylation is 1. The molecule has 0 aliphatic carbocycles. The summed E-state index contributed by atoms with van der Waals surface area (Å²) in [4.78, 5) is 32.5. The monoisotopic (exact) mass is 451 g/mol. The van der Waals surface area contributed by atoms with Crippen molar-refractivity contribution in [3.05, 3.63) is 35.9 Å². The molecule has 1 aromatic heterocycles. The molecule has 3 aliphatic heterocycles. The minimum Gasteiger partial charge on any atom is -0.480 e. The van der Waals surface area contributed by atoms with Crippen molar-refractivity contribution in [1.29, 1.82) is 0 Å². The standard InChI is InChI=1S/C24H29N5O4/c30-20-8-6-17-4-3-5-18(23(17)25-20)29-13-11-28(12-14-29)10-1-2-15-32-22-9-7-19-24(27-22)26-21(31)16-33-19/h3-5,7,9H,1-2,6,8,10-16H2,(H,25,30)(H,26,27,31). The minimum atomic E-state index is -0.204. The number of hydrogen-bond donors (Lipinski definition) is 2. The first-order chi connectivity index (χ1) is 16.2. The third-order valence-electron chi connectivity index (χ3n) is 6.30. The lowest BCUT2D eigenvalue weighted by Gasteiger charge is -2.37. The largest absolute Gasteiger partial charge is 0.480 e. The fraction of sp³-hybridized carbons (Fsp3) is 0.458. The Bertz CT molecular complexity index is 1040. The van der Waals surface area contributed by atoms with E-state index in [1.54, 1.807) is 12.1 Å². The Hall–Kier alpha value is -3.33. The lowest BCUT2D eigenvalue weighted by atomic mass is 10.0. The van der Waals surface area contributed by atoms with E-state index >= 15 is 0 Å². The summed E-state index contributed by atoms with van der Waals surface area (Å²) in [6, 6.07) is 9.85. The van der Waals surface area contributed by atoms with Crippen molar-refractivity contribution in [2.45, 2.75) is 25.7 Å². The van der Waals surface area contributed by atoms with E-state index in [-0.39, 0.29) is 18.4 Å². The molecule has 2 amide bonds. The predicted molar refractivity (Wildman–Crippen MR) is 125 cm³/mol. The normalized spacial score (nSPS) is 18.0. The third-order valence-corrected chi connectivity index (χ3v) is 6.30. The van der Waals surface area contributed by atoms with Gasteiger partial charge in [-0.15, -0.1) is 0 Å². The SMILES string of the molecule is O=C1COc2ccc(OCCCCN3CCN(c4cccc5c4NC(=O)CC5)CC3)nc2N1. The van der Waals surface area contributed by atoms with Crippen LogP contribution in [0.25, 0.3) is 0 Å². The Labute approximate surface area is 193 Å². The van der Waals surface area contributed by atoms with Gasteiger partial charge >= 0.3 is 0 Å². The van der Waals surface area contributed by atoms with Crippen LogP contribution in [0.2, 0.25) is 0 Å². The maximum absolute atomic E-state index is 11.9. The molecule has 1 saturated heterocycles. The van der Waals surface area contributed by atoms with Gasteiger partial charge in [0.2, 0.25) is 11.8 Å². The average Bonchev–Trinajstić information content (AvgIpc) is 2.83. The van der Waals surface area contributed by atoms with Crippen molar-refractivity contribution in [3.8, 4) is 11.6 Å². The fourth-order valence-corrected chi connectivity index (χ4v) is 4.51. The van der Waals surface area contributed by atoms with Crippen molar-refractivity contribution in [1.82, 2.24) is 9.88 Å². The van der Waals surface area contributed by atoms with Gasteiger partial charge in [0, 0.05) is 38.7 Å². The van der Waals surface area contributed by atoms with E-state index in [2.05, 4.69) is 43.6 Å². The molecule has 9 nitrogen and oxygen atoms in total. The highest BCUT2D eigenvalue weighted by Crippen LogP contribution is 2.34. The van der Waals surface area contributed by atoms with Gasteiger partial charge in [0.05, 0.1) is 18.0 Å². The van der Waals surface area contributed by atoms with E-state index in [4.69, 9.17) is 9.47 Å². The van der Waals surface area contributed by atoms with Gasteiger partial charge < -0.3 is 25.0 Å². The van der Waals surface area contributed by atoms with Gasteiger partial charge in [0.1, 0.15) is 0 Å². The predicted octanol–water partition coefficient (Wildman–Crippen LogP) is 2.28. The van der Waals surface area contributed by atoms with Crippen LogP contribution in [0.3, 0.4) is 0 Å². The van der Waals surface area contributed by atoms with Crippen LogP contribution < -0.4 is 25.0 Å². The fourth-order valence-electron chi connectivity index (χ4n) is 4.51. The number of rotatable bonds is 7. The first-order valence-electron chi connectivity index (χ1n) is 11.6. The Kier molecular flexibility index (Phi) is 6.30. The molecule has 5 rings (SSSR count). The number of nitrogens with one attached hydrogen (secondary N) is 2. The summed E-state index contributed by atoms with van der Waals surface area (Å²) >= 11 is 0. The van der Waals surface area contributed by atoms with E-state index in [0.717, 1.165) is 63.4 Å². The summed E-state index contributed by atoms with van der Waals surface area (Å²) in [5, 5.41) is 5.77. The summed E-state index contributed by atoms with van der Waals surface area (Å²) in [5.41, 5.74) is 3.38. The van der Waals surface area contributed by atoms with Crippen molar-refractivity contribution in [2.24, 2.45) is 0 Å². The van der Waals surface area contributed by atoms with Gasteiger partial charge in [-0.2, -0.15) is 4.98 Å². The van der Waals surface area contributed by atoms with Crippen LogP contribution in [0.5, 0.6) is 11.6 Å². The lowest BCUT2D eigenvalue weighted by Crippen LogP contribution is -2.47. The molecule has 0 saturated carbocycles. The number of carbonyl (C=O) groups excluding carboxylic acids is 2. The molecule has 1 aromatic carbocycles. The molecule has 33 heavy (non-hydrogen) atoms. The first-order valence-corrected chi connectivity index (χ1v) is 11.6. The van der Waals surface area contributed by atoms with Gasteiger partial charge in [-0.1, -0.05) is 12.1 Å². The number of nitrogens with zero attached hydrogens (tertiary/aromatic N) is 3. The van der Waals surface area contributed by atoms with Crippen molar-refractivity contribution >= 4 is 29.0 Å². The molecule has 0 spiro atoms. The number of unbranched alkanes of at least 4 members (excludes halogenated alkanes) is 1. The van der Waals surface area contributed by atoms with Crippen molar-refractivity contribution in [2.75, 3.05) is 61.5 Å². The summed E-state index contributed by atoms with van der Waals surface area (Å²) in [6.07, 6.45) is 3.36. The zero-order valence-electron chi connectivity index (χ0n) is 18.6. The number of aromatic nitrogens is 1. The zero-order chi connectivity index (χ0) is 22.6. The second-order valence-electron chi connectivity index (χ2n) is 8.58. The summed E-state index contributed by atoms with van der Waals surface area (Å²) in [5.74, 6) is 1.38. The number of hydrogen-bond acceptors (Lipinski definition) is 7. The third kappa shape index (κ3) is 5.03. The van der Waals surface area contributed by atoms with Gasteiger partial charge in [-0.05, 0) is 43.5 Å². The van der Waals surface area contributed by atoms with Crippen LogP contribution in [-0.2, 0) is 16.0 Å². The van der Waals surface area contributed by atoms with Gasteiger partial charge in [-0.3, -0.25) is 14.5 Å². The molecule has 1 fully saturated rings. The van der Waals surface area contributed by atoms with E-state index < -0.39 is 0 Å². The van der Waals surface area contributed by atoms with Crippen LogP contribution in [0.1, 0.15) is 24.8 Å². The van der Waals surface area contributed by atoms with E-state index in [9.17, 15) is 9.59 Å². The van der Waals surface area contributed by atoms with Crippen LogP contribution in [0.4, 0.5) is 17.2 Å². The highest BCUT2D eigenvalue weighted by Gasteiger charge is 2.23. The van der Waals surface area contributed by atoms with E-state index in [1.807, 2.05) is 0 Å². The van der Waals surface area contributed by atoms with Gasteiger partial charge in [0.25, 0.3) is 5.91 Å². The highest BCUT2D eigenvalue weighted by atomic mass is 16.5. The summed E-state index contributed by atoms with van der Waals surface area (Å²) < 4.78 is 11.1. The van der Waals surface area contributed by atoms with Gasteiger partial charge in [-0.25, -0.2) is 0 Å². The lowest BCUT2D eigenvalue weighted by molar-refractivity contribution is -0.118. The molecule has 0 bridgehead atoms. The van der Waals surface area contributed by atoms with Gasteiger partial charge in [0.15, 0.2) is 18.2 Å². The number of para-hydroxylation sites is 1. The topological polar surface area (TPSA) is 96.0 Å². The average molecular weight is 452 g/mol. The Morgan fingerprint density at radius 1 is 0.970 bits per heavy atom. The molecule has 2 aromatic rings. The number of piperazine rings is 1. The number of benzene rings is 1.